The summed E-state index contributed by atoms with van der Waals surface area (Å²) in [6.07, 6.45) is 74.0. The van der Waals surface area contributed by atoms with Crippen LogP contribution in [-0.2, 0) is 28.6 Å². The Labute approximate surface area is 441 Å². The molecule has 0 amide bonds. The average Bonchev–Trinajstić information content (AvgIpc) is 3.37. The maximum atomic E-state index is 12.9. The summed E-state index contributed by atoms with van der Waals surface area (Å²) in [5.41, 5.74) is 0. The van der Waals surface area contributed by atoms with Crippen molar-refractivity contribution in [3.05, 3.63) is 48.6 Å². The summed E-state index contributed by atoms with van der Waals surface area (Å²) in [6, 6.07) is 0. The highest BCUT2D eigenvalue weighted by Gasteiger charge is 2.19. The van der Waals surface area contributed by atoms with E-state index in [-0.39, 0.29) is 31.1 Å². The van der Waals surface area contributed by atoms with Crippen LogP contribution in [0.25, 0.3) is 0 Å². The molecule has 1 unspecified atom stereocenters. The van der Waals surface area contributed by atoms with Gasteiger partial charge in [-0.25, -0.2) is 0 Å². The Morgan fingerprint density at radius 3 is 0.859 bits per heavy atom. The third kappa shape index (κ3) is 58.1. The highest BCUT2D eigenvalue weighted by molar-refractivity contribution is 5.71. The van der Waals surface area contributed by atoms with Crippen molar-refractivity contribution in [1.29, 1.82) is 0 Å². The van der Waals surface area contributed by atoms with Crippen LogP contribution in [0.1, 0.15) is 329 Å². The molecule has 6 nitrogen and oxygen atoms in total. The van der Waals surface area contributed by atoms with Crippen molar-refractivity contribution in [1.82, 2.24) is 0 Å². The fourth-order valence-corrected chi connectivity index (χ4v) is 9.20. The molecule has 0 radical (unpaired) electrons. The quantitative estimate of drug-likeness (QED) is 0.0261. The maximum Gasteiger partial charge on any atom is 0.306 e. The van der Waals surface area contributed by atoms with Crippen molar-refractivity contribution in [2.75, 3.05) is 13.2 Å². The topological polar surface area (TPSA) is 78.9 Å². The molecule has 0 N–H and O–H groups in total. The summed E-state index contributed by atoms with van der Waals surface area (Å²) in [7, 11) is 0. The number of esters is 3. The van der Waals surface area contributed by atoms with Gasteiger partial charge in [0.2, 0.25) is 0 Å². The van der Waals surface area contributed by atoms with Gasteiger partial charge in [0, 0.05) is 19.3 Å². The van der Waals surface area contributed by atoms with Crippen molar-refractivity contribution in [2.24, 2.45) is 0 Å². The van der Waals surface area contributed by atoms with E-state index < -0.39 is 6.10 Å². The molecule has 0 aliphatic heterocycles. The molecule has 0 aromatic heterocycles. The SMILES string of the molecule is CC/C=C\C/C=C\C/C=C\C/C=C\CCCCC(=O)OCC(COC(=O)CCCCCCCCCCCCCCCCCCCCCC)OC(=O)CCCCCCCCCCCCCCCCCCCC. The molecule has 6 heteroatoms. The van der Waals surface area contributed by atoms with E-state index in [1.165, 1.54) is 205 Å². The van der Waals surface area contributed by atoms with Gasteiger partial charge in [0.15, 0.2) is 6.10 Å². The predicted octanol–water partition coefficient (Wildman–Crippen LogP) is 21.0. The van der Waals surface area contributed by atoms with Gasteiger partial charge >= 0.3 is 17.9 Å². The van der Waals surface area contributed by atoms with E-state index in [1.54, 1.807) is 0 Å². The van der Waals surface area contributed by atoms with E-state index in [2.05, 4.69) is 69.4 Å². The summed E-state index contributed by atoms with van der Waals surface area (Å²) >= 11 is 0. The summed E-state index contributed by atoms with van der Waals surface area (Å²) in [4.78, 5) is 38.2. The number of ether oxygens (including phenoxy) is 3. The molecule has 0 spiro atoms. The molecular weight excluding hydrogens is 877 g/mol. The first kappa shape index (κ1) is 68.4. The van der Waals surface area contributed by atoms with Gasteiger partial charge in [0.05, 0.1) is 0 Å². The molecule has 0 heterocycles. The lowest BCUT2D eigenvalue weighted by Gasteiger charge is -2.18. The van der Waals surface area contributed by atoms with Crippen LogP contribution < -0.4 is 0 Å². The predicted molar refractivity (Wildman–Crippen MR) is 307 cm³/mol. The standard InChI is InChI=1S/C65H118O6/c1-4-7-10-13-16-19-22-25-28-30-32-33-35-37-40-43-46-49-52-55-58-64(67)70-61-62(60-69-63(66)57-54-51-48-45-42-39-36-27-24-21-18-15-12-9-6-3)71-65(68)59-56-53-50-47-44-41-38-34-31-29-26-23-20-17-14-11-8-5-2/h9,12,18,21,27,36,42,45,62H,4-8,10-11,13-17,19-20,22-26,28-35,37-41,43-44,46-61H2,1-3H3/b12-9-,21-18-,36-27-,45-42-. The molecule has 0 saturated heterocycles. The Morgan fingerprint density at radius 2 is 0.549 bits per heavy atom. The first-order valence-corrected chi connectivity index (χ1v) is 31.1. The van der Waals surface area contributed by atoms with Crippen LogP contribution in [0.15, 0.2) is 48.6 Å². The van der Waals surface area contributed by atoms with Gasteiger partial charge in [-0.3, -0.25) is 14.4 Å². The highest BCUT2D eigenvalue weighted by Crippen LogP contribution is 2.18. The van der Waals surface area contributed by atoms with Crippen molar-refractivity contribution < 1.29 is 28.6 Å². The third-order valence-electron chi connectivity index (χ3n) is 13.8. The summed E-state index contributed by atoms with van der Waals surface area (Å²) < 4.78 is 16.9. The molecule has 0 aliphatic carbocycles. The van der Waals surface area contributed by atoms with E-state index in [4.69, 9.17) is 14.2 Å². The second kappa shape index (κ2) is 59.9. The number of carbonyl (C=O) groups is 3. The lowest BCUT2D eigenvalue weighted by atomic mass is 10.0. The van der Waals surface area contributed by atoms with Crippen LogP contribution in [0.2, 0.25) is 0 Å². The zero-order valence-corrected chi connectivity index (χ0v) is 47.5. The monoisotopic (exact) mass is 995 g/mol. The second-order valence-corrected chi connectivity index (χ2v) is 21.0. The molecule has 414 valence electrons. The normalized spacial score (nSPS) is 12.3. The molecule has 0 fully saturated rings. The van der Waals surface area contributed by atoms with E-state index in [0.717, 1.165) is 83.5 Å². The van der Waals surface area contributed by atoms with Crippen molar-refractivity contribution in [2.45, 2.75) is 335 Å². The minimum Gasteiger partial charge on any atom is -0.462 e. The van der Waals surface area contributed by atoms with Crippen LogP contribution in [0, 0.1) is 0 Å². The molecule has 0 bridgehead atoms. The van der Waals surface area contributed by atoms with E-state index in [0.29, 0.717) is 19.3 Å². The Morgan fingerprint density at radius 1 is 0.296 bits per heavy atom. The Bertz CT molecular complexity index is 1230. The zero-order chi connectivity index (χ0) is 51.4. The van der Waals surface area contributed by atoms with Gasteiger partial charge in [-0.1, -0.05) is 301 Å². The van der Waals surface area contributed by atoms with Crippen LogP contribution >= 0.6 is 0 Å². The van der Waals surface area contributed by atoms with Gasteiger partial charge in [0.1, 0.15) is 13.2 Å². The Kier molecular flexibility index (Phi) is 57.7. The smallest absolute Gasteiger partial charge is 0.306 e. The summed E-state index contributed by atoms with van der Waals surface area (Å²) in [6.45, 7) is 6.55. The van der Waals surface area contributed by atoms with Crippen LogP contribution in [-0.4, -0.2) is 37.2 Å². The lowest BCUT2D eigenvalue weighted by Crippen LogP contribution is -2.30. The lowest BCUT2D eigenvalue weighted by molar-refractivity contribution is -0.167. The number of hydrogen-bond donors (Lipinski definition) is 0. The Hall–Kier alpha value is -2.63. The fraction of sp³-hybridized carbons (Fsp3) is 0.831. The van der Waals surface area contributed by atoms with Crippen LogP contribution in [0.4, 0.5) is 0 Å². The first-order valence-electron chi connectivity index (χ1n) is 31.1. The molecule has 0 rings (SSSR count). The molecular formula is C65H118O6. The minimum absolute atomic E-state index is 0.0813. The van der Waals surface area contributed by atoms with Gasteiger partial charge in [-0.2, -0.15) is 0 Å². The minimum atomic E-state index is -0.787. The highest BCUT2D eigenvalue weighted by atomic mass is 16.6. The molecule has 0 aromatic carbocycles. The molecule has 0 aliphatic rings. The molecule has 71 heavy (non-hydrogen) atoms. The molecule has 0 saturated carbocycles. The number of rotatable bonds is 57. The van der Waals surface area contributed by atoms with Gasteiger partial charge in [-0.15, -0.1) is 0 Å². The van der Waals surface area contributed by atoms with Crippen LogP contribution in [0.3, 0.4) is 0 Å². The number of allylic oxidation sites excluding steroid dienone is 8. The second-order valence-electron chi connectivity index (χ2n) is 21.0. The van der Waals surface area contributed by atoms with E-state index in [1.807, 2.05) is 0 Å². The van der Waals surface area contributed by atoms with Crippen LogP contribution in [0.5, 0.6) is 0 Å². The molecule has 1 atom stereocenters. The van der Waals surface area contributed by atoms with Gasteiger partial charge < -0.3 is 14.2 Å². The summed E-state index contributed by atoms with van der Waals surface area (Å²) in [5, 5.41) is 0. The van der Waals surface area contributed by atoms with Gasteiger partial charge in [0.25, 0.3) is 0 Å². The molecule has 0 aromatic rings. The Balaban J connectivity index is 4.35. The fourth-order valence-electron chi connectivity index (χ4n) is 9.20. The number of carbonyl (C=O) groups excluding carboxylic acids is 3. The number of hydrogen-bond acceptors (Lipinski definition) is 6. The number of unbranched alkanes of at least 4 members (excludes halogenated alkanes) is 38. The third-order valence-corrected chi connectivity index (χ3v) is 13.8. The van der Waals surface area contributed by atoms with Crippen molar-refractivity contribution >= 4 is 17.9 Å². The van der Waals surface area contributed by atoms with Gasteiger partial charge in [-0.05, 0) is 57.8 Å². The van der Waals surface area contributed by atoms with Crippen molar-refractivity contribution in [3.63, 3.8) is 0 Å². The van der Waals surface area contributed by atoms with E-state index >= 15 is 0 Å². The first-order chi connectivity index (χ1) is 35.0. The zero-order valence-electron chi connectivity index (χ0n) is 47.5. The largest absolute Gasteiger partial charge is 0.462 e. The summed E-state index contributed by atoms with van der Waals surface area (Å²) in [5.74, 6) is -0.903. The maximum absolute atomic E-state index is 12.9. The average molecular weight is 996 g/mol. The van der Waals surface area contributed by atoms with E-state index in [9.17, 15) is 14.4 Å². The van der Waals surface area contributed by atoms with Crippen molar-refractivity contribution in [3.8, 4) is 0 Å².